The second kappa shape index (κ2) is 8.14. The average molecular weight is 398 g/mol. The SMILES string of the molecule is O=C(O)Cc1cc(Cl)c(OCc2cccc(NC3CCC3)c2F)c(Cl)c1. The summed E-state index contributed by atoms with van der Waals surface area (Å²) >= 11 is 12.3. The molecular formula is C19H18Cl2FNO3. The number of aliphatic carboxylic acids is 1. The number of halogens is 3. The Morgan fingerprint density at radius 3 is 2.54 bits per heavy atom. The molecule has 0 radical (unpaired) electrons. The van der Waals surface area contributed by atoms with Crippen molar-refractivity contribution in [1.29, 1.82) is 0 Å². The molecule has 0 aliphatic heterocycles. The molecule has 3 rings (SSSR count). The minimum Gasteiger partial charge on any atom is -0.486 e. The fraction of sp³-hybridized carbons (Fsp3) is 0.316. The van der Waals surface area contributed by atoms with Crippen LogP contribution in [-0.2, 0) is 17.8 Å². The molecule has 1 aliphatic carbocycles. The van der Waals surface area contributed by atoms with Gasteiger partial charge in [-0.25, -0.2) is 4.39 Å². The highest BCUT2D eigenvalue weighted by Crippen LogP contribution is 2.35. The normalized spacial score (nSPS) is 14.0. The zero-order valence-corrected chi connectivity index (χ0v) is 15.4. The number of carbonyl (C=O) groups is 1. The Morgan fingerprint density at radius 2 is 1.96 bits per heavy atom. The van der Waals surface area contributed by atoms with Crippen LogP contribution >= 0.6 is 23.2 Å². The minimum absolute atomic E-state index is 0.0380. The van der Waals surface area contributed by atoms with Gasteiger partial charge in [0.2, 0.25) is 0 Å². The Balaban J connectivity index is 1.72. The zero-order valence-electron chi connectivity index (χ0n) is 13.9. The summed E-state index contributed by atoms with van der Waals surface area (Å²) in [6, 6.07) is 8.41. The van der Waals surface area contributed by atoms with E-state index in [0.717, 1.165) is 19.3 Å². The number of hydrogen-bond donors (Lipinski definition) is 2. The first kappa shape index (κ1) is 18.8. The molecule has 4 nitrogen and oxygen atoms in total. The number of anilines is 1. The first-order valence-electron chi connectivity index (χ1n) is 8.30. The van der Waals surface area contributed by atoms with Crippen molar-refractivity contribution >= 4 is 34.9 Å². The lowest BCUT2D eigenvalue weighted by Crippen LogP contribution is -2.27. The molecule has 0 unspecified atom stereocenters. The first-order valence-corrected chi connectivity index (χ1v) is 9.06. The number of carboxylic acid groups (broad SMARTS) is 1. The van der Waals surface area contributed by atoms with E-state index in [1.807, 2.05) is 0 Å². The van der Waals surface area contributed by atoms with Crippen molar-refractivity contribution in [3.63, 3.8) is 0 Å². The number of benzene rings is 2. The Hall–Kier alpha value is -1.98. The molecule has 0 bridgehead atoms. The standard InChI is InChI=1S/C19H18Cl2FNO3/c20-14-7-11(9-17(24)25)8-15(21)19(14)26-10-12-3-1-6-16(18(12)22)23-13-4-2-5-13/h1,3,6-8,13,23H,2,4-5,9-10H2,(H,24,25). The van der Waals surface area contributed by atoms with Gasteiger partial charge in [0, 0.05) is 11.6 Å². The number of rotatable bonds is 7. The largest absolute Gasteiger partial charge is 0.486 e. The summed E-state index contributed by atoms with van der Waals surface area (Å²) in [5.41, 5.74) is 1.32. The quantitative estimate of drug-likeness (QED) is 0.664. The lowest BCUT2D eigenvalue weighted by Gasteiger charge is -2.28. The fourth-order valence-electron chi connectivity index (χ4n) is 2.75. The van der Waals surface area contributed by atoms with Crippen LogP contribution < -0.4 is 10.1 Å². The second-order valence-corrected chi connectivity index (χ2v) is 7.11. The van der Waals surface area contributed by atoms with Crippen molar-refractivity contribution in [2.24, 2.45) is 0 Å². The van der Waals surface area contributed by atoms with Crippen molar-refractivity contribution in [3.05, 3.63) is 57.3 Å². The lowest BCUT2D eigenvalue weighted by molar-refractivity contribution is -0.136. The van der Waals surface area contributed by atoms with E-state index in [1.165, 1.54) is 12.1 Å². The van der Waals surface area contributed by atoms with Crippen LogP contribution in [0.3, 0.4) is 0 Å². The molecule has 2 N–H and O–H groups in total. The van der Waals surface area contributed by atoms with Crippen LogP contribution in [0.15, 0.2) is 30.3 Å². The van der Waals surface area contributed by atoms with E-state index in [9.17, 15) is 9.18 Å². The Kier molecular flexibility index (Phi) is 5.89. The molecule has 0 aromatic heterocycles. The molecule has 1 saturated carbocycles. The number of carboxylic acids is 1. The van der Waals surface area contributed by atoms with Crippen LogP contribution in [0.5, 0.6) is 5.75 Å². The van der Waals surface area contributed by atoms with Gasteiger partial charge >= 0.3 is 5.97 Å². The van der Waals surface area contributed by atoms with E-state index in [-0.39, 0.29) is 34.6 Å². The smallest absolute Gasteiger partial charge is 0.307 e. The summed E-state index contributed by atoms with van der Waals surface area (Å²) in [6.45, 7) is -0.0380. The summed E-state index contributed by atoms with van der Waals surface area (Å²) in [4.78, 5) is 10.8. The van der Waals surface area contributed by atoms with Crippen LogP contribution in [0, 0.1) is 5.82 Å². The van der Waals surface area contributed by atoms with Gasteiger partial charge in [-0.1, -0.05) is 35.3 Å². The minimum atomic E-state index is -0.983. The molecule has 0 spiro atoms. The summed E-state index contributed by atoms with van der Waals surface area (Å²) < 4.78 is 20.2. The molecule has 0 saturated heterocycles. The highest BCUT2D eigenvalue weighted by atomic mass is 35.5. The average Bonchev–Trinajstić information content (AvgIpc) is 2.52. The van der Waals surface area contributed by atoms with Crippen LogP contribution in [0.4, 0.5) is 10.1 Å². The van der Waals surface area contributed by atoms with Crippen LogP contribution in [0.1, 0.15) is 30.4 Å². The first-order chi connectivity index (χ1) is 12.4. The van der Waals surface area contributed by atoms with Crippen LogP contribution in [-0.4, -0.2) is 17.1 Å². The van der Waals surface area contributed by atoms with Gasteiger partial charge in [-0.05, 0) is 43.0 Å². The molecule has 2 aromatic carbocycles. The van der Waals surface area contributed by atoms with E-state index >= 15 is 0 Å². The van der Waals surface area contributed by atoms with Crippen LogP contribution in [0.2, 0.25) is 10.0 Å². The third-order valence-corrected chi connectivity index (χ3v) is 4.89. The number of nitrogens with one attached hydrogen (secondary N) is 1. The fourth-order valence-corrected chi connectivity index (χ4v) is 3.39. The third-order valence-electron chi connectivity index (χ3n) is 4.33. The molecule has 0 amide bonds. The molecule has 1 fully saturated rings. The second-order valence-electron chi connectivity index (χ2n) is 6.30. The van der Waals surface area contributed by atoms with Gasteiger partial charge in [-0.15, -0.1) is 0 Å². The van der Waals surface area contributed by atoms with E-state index in [0.29, 0.717) is 22.9 Å². The summed E-state index contributed by atoms with van der Waals surface area (Å²) in [5.74, 6) is -1.13. The lowest BCUT2D eigenvalue weighted by atomic mass is 9.93. The predicted molar refractivity (Wildman–Crippen MR) is 99.8 cm³/mol. The van der Waals surface area contributed by atoms with E-state index in [4.69, 9.17) is 33.0 Å². The maximum atomic E-state index is 14.6. The van der Waals surface area contributed by atoms with E-state index in [2.05, 4.69) is 5.32 Å². The number of hydrogen-bond acceptors (Lipinski definition) is 3. The van der Waals surface area contributed by atoms with Gasteiger partial charge in [0.1, 0.15) is 6.61 Å². The summed E-state index contributed by atoms with van der Waals surface area (Å²) in [5, 5.41) is 12.4. The predicted octanol–water partition coefficient (Wildman–Crippen LogP) is 5.30. The molecule has 0 heterocycles. The number of ether oxygens (including phenoxy) is 1. The zero-order chi connectivity index (χ0) is 18.7. The molecule has 138 valence electrons. The van der Waals surface area contributed by atoms with Gasteiger partial charge < -0.3 is 15.2 Å². The highest BCUT2D eigenvalue weighted by molar-refractivity contribution is 6.37. The Labute approximate surface area is 160 Å². The van der Waals surface area contributed by atoms with Crippen molar-refractivity contribution in [1.82, 2.24) is 0 Å². The van der Waals surface area contributed by atoms with Gasteiger partial charge in [-0.3, -0.25) is 4.79 Å². The maximum absolute atomic E-state index is 14.6. The van der Waals surface area contributed by atoms with Crippen molar-refractivity contribution in [3.8, 4) is 5.75 Å². The van der Waals surface area contributed by atoms with Gasteiger partial charge in [-0.2, -0.15) is 0 Å². The van der Waals surface area contributed by atoms with Crippen molar-refractivity contribution < 1.29 is 19.0 Å². The van der Waals surface area contributed by atoms with Crippen molar-refractivity contribution in [2.75, 3.05) is 5.32 Å². The molecule has 1 aliphatic rings. The highest BCUT2D eigenvalue weighted by Gasteiger charge is 2.19. The maximum Gasteiger partial charge on any atom is 0.307 e. The van der Waals surface area contributed by atoms with Gasteiger partial charge in [0.05, 0.1) is 22.2 Å². The van der Waals surface area contributed by atoms with E-state index < -0.39 is 5.97 Å². The third kappa shape index (κ3) is 4.40. The van der Waals surface area contributed by atoms with Crippen molar-refractivity contribution in [2.45, 2.75) is 38.3 Å². The molecule has 26 heavy (non-hydrogen) atoms. The molecule has 2 aromatic rings. The Morgan fingerprint density at radius 1 is 1.27 bits per heavy atom. The van der Waals surface area contributed by atoms with E-state index in [1.54, 1.807) is 18.2 Å². The Bertz CT molecular complexity index is 801. The topological polar surface area (TPSA) is 58.6 Å². The monoisotopic (exact) mass is 397 g/mol. The summed E-state index contributed by atoms with van der Waals surface area (Å²) in [6.07, 6.45) is 3.07. The summed E-state index contributed by atoms with van der Waals surface area (Å²) in [7, 11) is 0. The van der Waals surface area contributed by atoms with Gasteiger partial charge in [0.15, 0.2) is 11.6 Å². The molecule has 0 atom stereocenters. The van der Waals surface area contributed by atoms with Crippen LogP contribution in [0.25, 0.3) is 0 Å². The molecular weight excluding hydrogens is 380 g/mol. The molecule has 7 heteroatoms. The van der Waals surface area contributed by atoms with Gasteiger partial charge in [0.25, 0.3) is 0 Å².